The molecule has 0 spiro atoms. The average molecular weight is 401 g/mol. The van der Waals surface area contributed by atoms with Crippen LogP contribution in [0.1, 0.15) is 24.7 Å². The highest BCUT2D eigenvalue weighted by atomic mass is 32.2. The molecule has 2 heterocycles. The summed E-state index contributed by atoms with van der Waals surface area (Å²) in [7, 11) is -0.749. The number of pyridine rings is 1. The quantitative estimate of drug-likeness (QED) is 0.780. The summed E-state index contributed by atoms with van der Waals surface area (Å²) in [4.78, 5) is 7.12. The van der Waals surface area contributed by atoms with Crippen LogP contribution in [0, 0.1) is 10.6 Å². The van der Waals surface area contributed by atoms with Crippen LogP contribution in [-0.2, 0) is 23.5 Å². The number of rotatable bonds is 2. The Morgan fingerprint density at radius 2 is 2.08 bits per heavy atom. The first-order chi connectivity index (χ1) is 12.1. The van der Waals surface area contributed by atoms with Crippen LogP contribution < -0.4 is 0 Å². The maximum Gasteiger partial charge on any atom is 0.419 e. The highest BCUT2D eigenvalue weighted by Gasteiger charge is 2.34. The maximum absolute atomic E-state index is 13.1. The molecule has 0 amide bonds. The van der Waals surface area contributed by atoms with Crippen molar-refractivity contribution in [3.05, 3.63) is 40.3 Å². The first-order valence-corrected chi connectivity index (χ1v) is 9.15. The number of nitrogens with zero attached hydrogens (tertiary/aromatic N) is 2. The van der Waals surface area contributed by atoms with Crippen molar-refractivity contribution in [2.75, 3.05) is 0 Å². The second kappa shape index (κ2) is 6.51. The van der Waals surface area contributed by atoms with Gasteiger partial charge < -0.3 is 9.55 Å². The van der Waals surface area contributed by atoms with Gasteiger partial charge in [0.1, 0.15) is 21.6 Å². The Hall–Kier alpha value is -2.20. The summed E-state index contributed by atoms with van der Waals surface area (Å²) in [5, 5.41) is 0. The third-order valence-corrected chi connectivity index (χ3v) is 5.43. The number of aromatic amines is 1. The van der Waals surface area contributed by atoms with E-state index in [1.54, 1.807) is 23.8 Å². The predicted molar refractivity (Wildman–Crippen MR) is 95.7 cm³/mol. The lowest BCUT2D eigenvalue weighted by molar-refractivity contribution is -0.138. The Labute approximate surface area is 153 Å². The average Bonchev–Trinajstić information content (AvgIpc) is 2.88. The molecule has 1 aliphatic carbocycles. The Balaban J connectivity index is 2.25. The number of H-pyrrole nitrogens is 1. The molecule has 5 nitrogen and oxygen atoms in total. The van der Waals surface area contributed by atoms with Gasteiger partial charge in [0, 0.05) is 18.5 Å². The van der Waals surface area contributed by atoms with Gasteiger partial charge in [-0.3, -0.25) is 0 Å². The molecule has 0 aliphatic heterocycles. The predicted octanol–water partition coefficient (Wildman–Crippen LogP) is 3.68. The Morgan fingerprint density at radius 1 is 1.38 bits per heavy atom. The Morgan fingerprint density at radius 3 is 2.65 bits per heavy atom. The van der Waals surface area contributed by atoms with E-state index in [-0.39, 0.29) is 10.4 Å². The molecule has 0 aromatic carbocycles. The Bertz CT molecular complexity index is 1140. The highest BCUT2D eigenvalue weighted by Crippen LogP contribution is 2.34. The second-order valence-corrected chi connectivity index (χ2v) is 7.17. The van der Waals surface area contributed by atoms with Crippen molar-refractivity contribution in [1.82, 2.24) is 14.5 Å². The number of imidazole rings is 1. The monoisotopic (exact) mass is 401 g/mol. The minimum Gasteiger partial charge on any atom is -0.330 e. The van der Waals surface area contributed by atoms with E-state index in [0.717, 1.165) is 6.07 Å². The SMILES string of the molecule is CCC1C(c2nc3cc(C(F)(F)F)c(=S)[nH]c3n2C)=CC=CC1=S(=O)=O. The van der Waals surface area contributed by atoms with Crippen LogP contribution in [0.5, 0.6) is 0 Å². The zero-order chi connectivity index (χ0) is 19.2. The van der Waals surface area contributed by atoms with Gasteiger partial charge in [0.25, 0.3) is 0 Å². The minimum atomic E-state index is -4.58. The number of aryl methyl sites for hydroxylation is 1. The van der Waals surface area contributed by atoms with Gasteiger partial charge >= 0.3 is 6.18 Å². The molecule has 2 aromatic heterocycles. The molecule has 1 N–H and O–H groups in total. The van der Waals surface area contributed by atoms with Gasteiger partial charge in [0.05, 0.1) is 10.4 Å². The summed E-state index contributed by atoms with van der Waals surface area (Å²) >= 11 is 4.82. The topological polar surface area (TPSA) is 67.8 Å². The van der Waals surface area contributed by atoms with E-state index in [0.29, 0.717) is 23.5 Å². The van der Waals surface area contributed by atoms with Crippen LogP contribution in [0.4, 0.5) is 13.2 Å². The maximum atomic E-state index is 13.1. The van der Waals surface area contributed by atoms with E-state index in [2.05, 4.69) is 9.97 Å². The lowest BCUT2D eigenvalue weighted by atomic mass is 9.88. The van der Waals surface area contributed by atoms with Gasteiger partial charge in [0.15, 0.2) is 0 Å². The van der Waals surface area contributed by atoms with E-state index in [1.165, 1.54) is 6.08 Å². The largest absolute Gasteiger partial charge is 0.419 e. The van der Waals surface area contributed by atoms with E-state index >= 15 is 0 Å². The van der Waals surface area contributed by atoms with Crippen molar-refractivity contribution < 1.29 is 21.6 Å². The molecular formula is C16H14F3N3O2S2. The number of hydrogen-bond donors (Lipinski definition) is 1. The van der Waals surface area contributed by atoms with Crippen LogP contribution >= 0.6 is 12.2 Å². The molecule has 26 heavy (non-hydrogen) atoms. The molecule has 0 saturated carbocycles. The summed E-state index contributed by atoms with van der Waals surface area (Å²) < 4.78 is 63.4. The molecule has 2 aromatic rings. The molecule has 138 valence electrons. The fourth-order valence-corrected chi connectivity index (χ4v) is 4.06. The van der Waals surface area contributed by atoms with Crippen LogP contribution in [0.15, 0.2) is 24.3 Å². The molecule has 10 heteroatoms. The van der Waals surface area contributed by atoms with E-state index < -0.39 is 32.6 Å². The van der Waals surface area contributed by atoms with Gasteiger partial charge in [-0.2, -0.15) is 21.6 Å². The molecule has 0 saturated heterocycles. The number of halogens is 3. The van der Waals surface area contributed by atoms with E-state index in [4.69, 9.17) is 12.2 Å². The van der Waals surface area contributed by atoms with Crippen LogP contribution in [0.2, 0.25) is 0 Å². The number of alkyl halides is 3. The minimum absolute atomic E-state index is 0.110. The molecule has 1 unspecified atom stereocenters. The van der Waals surface area contributed by atoms with Crippen molar-refractivity contribution in [2.24, 2.45) is 13.0 Å². The standard InChI is InChI=1S/C16H14F3N3O2S2/c1-3-8-9(5-4-6-12(8)26(23)24)13-20-11-7-10(16(17,18)19)15(25)21-14(11)22(13)2/h4-8H,3H2,1-2H3,(H,21,25). The van der Waals surface area contributed by atoms with Crippen molar-refractivity contribution >= 4 is 44.1 Å². The number of fused-ring (bicyclic) bond motifs is 1. The van der Waals surface area contributed by atoms with Gasteiger partial charge in [-0.25, -0.2) is 4.98 Å². The molecular weight excluding hydrogens is 387 g/mol. The van der Waals surface area contributed by atoms with Crippen molar-refractivity contribution in [3.8, 4) is 0 Å². The highest BCUT2D eigenvalue weighted by molar-refractivity contribution is 7.73. The van der Waals surface area contributed by atoms with Crippen LogP contribution in [-0.4, -0.2) is 27.8 Å². The van der Waals surface area contributed by atoms with E-state index in [1.807, 2.05) is 6.92 Å². The van der Waals surface area contributed by atoms with Gasteiger partial charge in [-0.05, 0) is 18.6 Å². The normalized spacial score (nSPS) is 17.7. The Kier molecular flexibility index (Phi) is 4.65. The number of allylic oxidation sites excluding steroid dienone is 4. The summed E-state index contributed by atoms with van der Waals surface area (Å²) in [5.74, 6) is -0.0250. The van der Waals surface area contributed by atoms with E-state index in [9.17, 15) is 21.6 Å². The first-order valence-electron chi connectivity index (χ1n) is 7.66. The van der Waals surface area contributed by atoms with Crippen molar-refractivity contribution in [2.45, 2.75) is 19.5 Å². The zero-order valence-corrected chi connectivity index (χ0v) is 15.4. The molecule has 1 aliphatic rings. The summed E-state index contributed by atoms with van der Waals surface area (Å²) in [6, 6.07) is 0.911. The first kappa shape index (κ1) is 18.6. The van der Waals surface area contributed by atoms with Crippen molar-refractivity contribution in [1.29, 1.82) is 0 Å². The lowest BCUT2D eigenvalue weighted by Crippen LogP contribution is -2.19. The zero-order valence-electron chi connectivity index (χ0n) is 13.8. The van der Waals surface area contributed by atoms with Crippen LogP contribution in [0.25, 0.3) is 16.7 Å². The molecule has 0 radical (unpaired) electrons. The van der Waals surface area contributed by atoms with Gasteiger partial charge in [-0.15, -0.1) is 0 Å². The summed E-state index contributed by atoms with van der Waals surface area (Å²) in [5.41, 5.74) is 0.120. The lowest BCUT2D eigenvalue weighted by Gasteiger charge is -2.20. The fraction of sp³-hybridized carbons (Fsp3) is 0.312. The van der Waals surface area contributed by atoms with Gasteiger partial charge in [0.2, 0.25) is 10.3 Å². The smallest absolute Gasteiger partial charge is 0.330 e. The molecule has 3 rings (SSSR count). The number of aromatic nitrogens is 3. The van der Waals surface area contributed by atoms with Gasteiger partial charge in [-0.1, -0.05) is 31.3 Å². The fourth-order valence-electron chi connectivity index (χ4n) is 3.07. The third kappa shape index (κ3) is 3.03. The summed E-state index contributed by atoms with van der Waals surface area (Å²) in [6.45, 7) is 1.84. The van der Waals surface area contributed by atoms with Crippen molar-refractivity contribution in [3.63, 3.8) is 0 Å². The summed E-state index contributed by atoms with van der Waals surface area (Å²) in [6.07, 6.45) is 0.754. The number of hydrogen-bond acceptors (Lipinski definition) is 4. The molecule has 0 fully saturated rings. The molecule has 0 bridgehead atoms. The van der Waals surface area contributed by atoms with Crippen LogP contribution in [0.3, 0.4) is 0 Å². The number of nitrogens with one attached hydrogen (secondary N) is 1. The second-order valence-electron chi connectivity index (χ2n) is 5.82. The third-order valence-electron chi connectivity index (χ3n) is 4.30. The molecule has 1 atom stereocenters.